The van der Waals surface area contributed by atoms with E-state index in [1.54, 1.807) is 19.3 Å². The molecule has 0 saturated heterocycles. The van der Waals surface area contributed by atoms with Crippen molar-refractivity contribution in [1.82, 2.24) is 15.3 Å². The van der Waals surface area contributed by atoms with Crippen LogP contribution in [-0.2, 0) is 11.3 Å². The third-order valence-electron chi connectivity index (χ3n) is 4.20. The van der Waals surface area contributed by atoms with Gasteiger partial charge in [-0.25, -0.2) is 4.98 Å². The number of pyridine rings is 2. The number of anilines is 1. The van der Waals surface area contributed by atoms with E-state index in [4.69, 9.17) is 32.7 Å². The monoisotopic (exact) mass is 420 g/mol. The average Bonchev–Trinajstić information content (AvgIpc) is 2.72. The van der Waals surface area contributed by atoms with Crippen LogP contribution in [0.5, 0.6) is 11.5 Å². The van der Waals surface area contributed by atoms with Gasteiger partial charge >= 0.3 is 0 Å². The van der Waals surface area contributed by atoms with Crippen LogP contribution in [0.15, 0.2) is 24.4 Å². The lowest BCUT2D eigenvalue weighted by Gasteiger charge is -2.16. The van der Waals surface area contributed by atoms with Crippen LogP contribution in [0.2, 0.25) is 10.0 Å². The van der Waals surface area contributed by atoms with E-state index in [2.05, 4.69) is 20.6 Å². The molecule has 0 aliphatic rings. The molecule has 3 aromatic rings. The first kappa shape index (κ1) is 20.0. The highest BCUT2D eigenvalue weighted by molar-refractivity contribution is 6.41. The number of aromatic nitrogens is 2. The largest absolute Gasteiger partial charge is 0.495 e. The van der Waals surface area contributed by atoms with E-state index in [0.29, 0.717) is 57.3 Å². The Labute approximate surface area is 172 Å². The summed E-state index contributed by atoms with van der Waals surface area (Å²) in [4.78, 5) is 19.6. The summed E-state index contributed by atoms with van der Waals surface area (Å²) in [6.07, 6.45) is 2.34. The Hall–Kier alpha value is -2.77. The fourth-order valence-corrected chi connectivity index (χ4v) is 3.56. The molecule has 0 bridgehead atoms. The summed E-state index contributed by atoms with van der Waals surface area (Å²) in [5, 5.41) is 8.03. The van der Waals surface area contributed by atoms with E-state index in [0.717, 1.165) is 10.8 Å². The zero-order valence-corrected chi connectivity index (χ0v) is 17.0. The maximum Gasteiger partial charge on any atom is 0.207 e. The highest BCUT2D eigenvalue weighted by atomic mass is 35.5. The summed E-state index contributed by atoms with van der Waals surface area (Å²) in [5.41, 5.74) is 1.76. The Kier molecular flexibility index (Phi) is 6.06. The molecule has 2 heterocycles. The summed E-state index contributed by atoms with van der Waals surface area (Å²) >= 11 is 13.0. The first-order valence-electron chi connectivity index (χ1n) is 8.28. The number of nitrogens with one attached hydrogen (secondary N) is 2. The molecule has 0 saturated carbocycles. The molecular weight excluding hydrogens is 403 g/mol. The smallest absolute Gasteiger partial charge is 0.207 e. The van der Waals surface area contributed by atoms with E-state index in [1.807, 2.05) is 12.1 Å². The topological polar surface area (TPSA) is 85.4 Å². The van der Waals surface area contributed by atoms with Gasteiger partial charge in [-0.05, 0) is 12.1 Å². The van der Waals surface area contributed by atoms with E-state index < -0.39 is 0 Å². The summed E-state index contributed by atoms with van der Waals surface area (Å²) in [6.45, 7) is 0.328. The van der Waals surface area contributed by atoms with Crippen molar-refractivity contribution in [2.75, 3.05) is 26.6 Å². The number of halogens is 2. The number of rotatable bonds is 7. The lowest BCUT2D eigenvalue weighted by molar-refractivity contribution is -0.109. The van der Waals surface area contributed by atoms with Crippen molar-refractivity contribution in [2.24, 2.45) is 0 Å². The molecule has 0 atom stereocenters. The molecule has 1 amide bonds. The second-order valence-corrected chi connectivity index (χ2v) is 6.54. The predicted molar refractivity (Wildman–Crippen MR) is 111 cm³/mol. The van der Waals surface area contributed by atoms with Gasteiger partial charge < -0.3 is 20.1 Å². The van der Waals surface area contributed by atoms with Gasteiger partial charge in [-0.1, -0.05) is 23.2 Å². The molecule has 2 aromatic heterocycles. The zero-order chi connectivity index (χ0) is 20.3. The van der Waals surface area contributed by atoms with Crippen LogP contribution in [0, 0.1) is 0 Å². The molecule has 0 unspecified atom stereocenters. The van der Waals surface area contributed by atoms with Gasteiger partial charge in [0, 0.05) is 35.6 Å². The van der Waals surface area contributed by atoms with E-state index in [-0.39, 0.29) is 0 Å². The van der Waals surface area contributed by atoms with Crippen molar-refractivity contribution >= 4 is 46.2 Å². The number of amides is 1. The Morgan fingerprint density at radius 1 is 1.11 bits per heavy atom. The third kappa shape index (κ3) is 3.63. The second kappa shape index (κ2) is 8.50. The number of nitrogens with zero attached hydrogens (tertiary/aromatic N) is 2. The SMILES string of the molecule is CNc1nc(-c2c(Cl)c(OC)cc(OC)c2Cl)cc2cnc(CNC=O)cc12. The van der Waals surface area contributed by atoms with Gasteiger partial charge in [0.1, 0.15) is 17.3 Å². The van der Waals surface area contributed by atoms with Crippen molar-refractivity contribution in [1.29, 1.82) is 0 Å². The minimum Gasteiger partial charge on any atom is -0.495 e. The third-order valence-corrected chi connectivity index (χ3v) is 4.95. The van der Waals surface area contributed by atoms with Gasteiger partial charge in [0.2, 0.25) is 6.41 Å². The lowest BCUT2D eigenvalue weighted by Crippen LogP contribution is -2.11. The molecule has 0 aliphatic carbocycles. The summed E-state index contributed by atoms with van der Waals surface area (Å²) in [7, 11) is 4.80. The van der Waals surface area contributed by atoms with E-state index in [9.17, 15) is 4.79 Å². The minimum atomic E-state index is 0.328. The molecule has 1 aromatic carbocycles. The number of carbonyl (C=O) groups excluding carboxylic acids is 1. The molecule has 0 spiro atoms. The van der Waals surface area contributed by atoms with E-state index in [1.165, 1.54) is 14.2 Å². The van der Waals surface area contributed by atoms with Gasteiger partial charge in [0.05, 0.1) is 42.2 Å². The molecule has 0 aliphatic heterocycles. The quantitative estimate of drug-likeness (QED) is 0.563. The Morgan fingerprint density at radius 3 is 2.36 bits per heavy atom. The second-order valence-electron chi connectivity index (χ2n) is 5.79. The first-order valence-corrected chi connectivity index (χ1v) is 9.04. The summed E-state index contributed by atoms with van der Waals surface area (Å²) in [5.74, 6) is 1.48. The van der Waals surface area contributed by atoms with Gasteiger partial charge in [-0.2, -0.15) is 0 Å². The maximum absolute atomic E-state index is 10.5. The van der Waals surface area contributed by atoms with Crippen LogP contribution in [0.3, 0.4) is 0 Å². The van der Waals surface area contributed by atoms with Gasteiger partial charge in [-0.3, -0.25) is 9.78 Å². The molecule has 9 heteroatoms. The highest BCUT2D eigenvalue weighted by Crippen LogP contribution is 2.46. The fourth-order valence-electron chi connectivity index (χ4n) is 2.86. The zero-order valence-electron chi connectivity index (χ0n) is 15.5. The van der Waals surface area contributed by atoms with Crippen molar-refractivity contribution in [3.63, 3.8) is 0 Å². The lowest BCUT2D eigenvalue weighted by atomic mass is 10.1. The van der Waals surface area contributed by atoms with Crippen LogP contribution < -0.4 is 20.1 Å². The Bertz CT molecular complexity index is 1020. The first-order chi connectivity index (χ1) is 13.5. The average molecular weight is 421 g/mol. The molecule has 0 radical (unpaired) electrons. The number of methoxy groups -OCH3 is 2. The van der Waals surface area contributed by atoms with Crippen molar-refractivity contribution in [3.8, 4) is 22.8 Å². The van der Waals surface area contributed by atoms with Gasteiger partial charge in [-0.15, -0.1) is 0 Å². The van der Waals surface area contributed by atoms with Gasteiger partial charge in [0.25, 0.3) is 0 Å². The number of hydrogen-bond donors (Lipinski definition) is 2. The van der Waals surface area contributed by atoms with E-state index >= 15 is 0 Å². The number of benzene rings is 1. The maximum atomic E-state index is 10.5. The molecule has 3 rings (SSSR count). The van der Waals surface area contributed by atoms with Gasteiger partial charge in [0.15, 0.2) is 0 Å². The molecule has 146 valence electrons. The Morgan fingerprint density at radius 2 is 1.79 bits per heavy atom. The molecule has 28 heavy (non-hydrogen) atoms. The number of ether oxygens (including phenoxy) is 2. The van der Waals surface area contributed by atoms with Crippen molar-refractivity contribution in [2.45, 2.75) is 6.54 Å². The predicted octanol–water partition coefficient (Wildman–Crippen LogP) is 3.91. The highest BCUT2D eigenvalue weighted by Gasteiger charge is 2.21. The summed E-state index contributed by atoms with van der Waals surface area (Å²) < 4.78 is 10.7. The van der Waals surface area contributed by atoms with Crippen LogP contribution in [0.1, 0.15) is 5.69 Å². The molecule has 0 fully saturated rings. The molecule has 2 N–H and O–H groups in total. The fraction of sp³-hybridized carbons (Fsp3) is 0.211. The van der Waals surface area contributed by atoms with Crippen LogP contribution >= 0.6 is 23.2 Å². The standard InChI is InChI=1S/C19H18Cl2N4O3/c1-22-19-12-5-11(8-23-9-26)24-7-10(12)4-13(25-19)16-17(20)14(27-2)6-15(28-3)18(16)21/h4-7,9H,8H2,1-3H3,(H,22,25)(H,23,26). The van der Waals surface area contributed by atoms with Crippen molar-refractivity contribution in [3.05, 3.63) is 40.1 Å². The number of carbonyl (C=O) groups is 1. The minimum absolute atomic E-state index is 0.328. The normalized spacial score (nSPS) is 10.6. The Balaban J connectivity index is 2.23. The summed E-state index contributed by atoms with van der Waals surface area (Å²) in [6, 6.07) is 5.33. The van der Waals surface area contributed by atoms with Crippen molar-refractivity contribution < 1.29 is 14.3 Å². The number of fused-ring (bicyclic) bond motifs is 1. The van der Waals surface area contributed by atoms with Crippen LogP contribution in [-0.4, -0.2) is 37.6 Å². The number of hydrogen-bond acceptors (Lipinski definition) is 6. The van der Waals surface area contributed by atoms with Crippen LogP contribution in [0.25, 0.3) is 22.0 Å². The molecule has 7 nitrogen and oxygen atoms in total. The molecular formula is C19H18Cl2N4O3. The van der Waals surface area contributed by atoms with Crippen LogP contribution in [0.4, 0.5) is 5.82 Å².